The summed E-state index contributed by atoms with van der Waals surface area (Å²) in [5.41, 5.74) is 0.590. The van der Waals surface area contributed by atoms with E-state index in [1.807, 2.05) is 0 Å². The molecule has 0 atom stereocenters. The van der Waals surface area contributed by atoms with Gasteiger partial charge in [0.05, 0.1) is 16.3 Å². The van der Waals surface area contributed by atoms with Crippen molar-refractivity contribution in [3.05, 3.63) is 75.4 Å². The Morgan fingerprint density at radius 2 is 1.93 bits per heavy atom. The van der Waals surface area contributed by atoms with Crippen LogP contribution in [0.3, 0.4) is 0 Å². The summed E-state index contributed by atoms with van der Waals surface area (Å²) in [4.78, 5) is 29.5. The minimum absolute atomic E-state index is 0.208. The zero-order valence-corrected chi connectivity index (χ0v) is 17.0. The molecule has 3 rings (SSSR count). The van der Waals surface area contributed by atoms with Crippen LogP contribution in [0.5, 0.6) is 0 Å². The van der Waals surface area contributed by atoms with Gasteiger partial charge in [0.25, 0.3) is 0 Å². The Labute approximate surface area is 175 Å². The highest BCUT2D eigenvalue weighted by Crippen LogP contribution is 2.27. The second-order valence-electron chi connectivity index (χ2n) is 5.64. The number of thioether (sulfide) groups is 1. The number of aromatic nitrogens is 2. The van der Waals surface area contributed by atoms with Gasteiger partial charge in [-0.3, -0.25) is 4.79 Å². The van der Waals surface area contributed by atoms with Gasteiger partial charge in [-0.2, -0.15) is 4.98 Å². The van der Waals surface area contributed by atoms with E-state index >= 15 is 0 Å². The Bertz CT molecular complexity index is 1020. The van der Waals surface area contributed by atoms with Crippen LogP contribution in [-0.2, 0) is 10.5 Å². The molecule has 0 bridgehead atoms. The number of nitrogens with zero attached hydrogens (tertiary/aromatic N) is 2. The lowest BCUT2D eigenvalue weighted by Crippen LogP contribution is -2.15. The van der Waals surface area contributed by atoms with E-state index in [4.69, 9.17) is 32.5 Å². The zero-order valence-electron chi connectivity index (χ0n) is 14.6. The molecule has 6 nitrogen and oxygen atoms in total. The number of carbonyl (C=O) groups excluding carboxylic acids is 2. The minimum atomic E-state index is -0.608. The first-order chi connectivity index (χ1) is 13.4. The van der Waals surface area contributed by atoms with Crippen molar-refractivity contribution in [3.8, 4) is 0 Å². The average molecular weight is 437 g/mol. The number of carbonyl (C=O) groups is 2. The Balaban J connectivity index is 1.64. The van der Waals surface area contributed by atoms with Gasteiger partial charge in [0.1, 0.15) is 0 Å². The Morgan fingerprint density at radius 3 is 2.64 bits per heavy atom. The van der Waals surface area contributed by atoms with Gasteiger partial charge in [-0.15, -0.1) is 11.8 Å². The van der Waals surface area contributed by atoms with E-state index in [9.17, 15) is 9.59 Å². The fourth-order valence-corrected chi connectivity index (χ4v) is 3.69. The molecule has 0 saturated carbocycles. The monoisotopic (exact) mass is 436 g/mol. The second-order valence-corrected chi connectivity index (χ2v) is 7.50. The van der Waals surface area contributed by atoms with Crippen molar-refractivity contribution >= 4 is 46.7 Å². The third-order valence-corrected chi connectivity index (χ3v) is 5.20. The van der Waals surface area contributed by atoms with Gasteiger partial charge in [-0.1, -0.05) is 40.5 Å². The molecule has 0 aliphatic heterocycles. The van der Waals surface area contributed by atoms with Crippen molar-refractivity contribution < 1.29 is 18.8 Å². The molecule has 3 aromatic rings. The predicted molar refractivity (Wildman–Crippen MR) is 106 cm³/mol. The number of hydrogen-bond acceptors (Lipinski definition) is 7. The topological polar surface area (TPSA) is 82.3 Å². The highest BCUT2D eigenvalue weighted by molar-refractivity contribution is 7.98. The molecule has 0 amide bonds. The molecule has 0 aliphatic rings. The summed E-state index contributed by atoms with van der Waals surface area (Å²) in [5.74, 6) is 0.385. The number of esters is 1. The van der Waals surface area contributed by atoms with Crippen LogP contribution in [0.25, 0.3) is 0 Å². The lowest BCUT2D eigenvalue weighted by Gasteiger charge is -2.09. The predicted octanol–water partition coefficient (Wildman–Crippen LogP) is 5.02. The molecule has 1 aromatic heterocycles. The molecule has 0 N–H and O–H groups in total. The number of rotatable bonds is 7. The van der Waals surface area contributed by atoms with Crippen molar-refractivity contribution in [1.29, 1.82) is 0 Å². The molecule has 0 radical (unpaired) electrons. The molecule has 9 heteroatoms. The maximum Gasteiger partial charge on any atom is 0.339 e. The maximum absolute atomic E-state index is 12.5. The van der Waals surface area contributed by atoms with Crippen LogP contribution in [0.2, 0.25) is 10.0 Å². The number of hydrogen-bond donors (Lipinski definition) is 0. The maximum atomic E-state index is 12.5. The molecule has 28 heavy (non-hydrogen) atoms. The normalized spacial score (nSPS) is 10.7. The summed E-state index contributed by atoms with van der Waals surface area (Å²) in [6.07, 6.45) is 0. The summed E-state index contributed by atoms with van der Waals surface area (Å²) in [6.45, 7) is 1.30. The van der Waals surface area contributed by atoms with Crippen LogP contribution in [0.1, 0.15) is 32.4 Å². The smallest absolute Gasteiger partial charge is 0.339 e. The Morgan fingerprint density at radius 1 is 1.14 bits per heavy atom. The van der Waals surface area contributed by atoms with Crippen molar-refractivity contribution in [2.24, 2.45) is 0 Å². The highest BCUT2D eigenvalue weighted by atomic mass is 35.5. The van der Waals surface area contributed by atoms with E-state index in [1.165, 1.54) is 23.9 Å². The molecule has 0 unspecified atom stereocenters. The molecule has 0 aliphatic carbocycles. The summed E-state index contributed by atoms with van der Waals surface area (Å²) in [5, 5.41) is 4.35. The van der Waals surface area contributed by atoms with Crippen molar-refractivity contribution in [1.82, 2.24) is 10.1 Å². The Kier molecular flexibility index (Phi) is 6.72. The van der Waals surface area contributed by atoms with Gasteiger partial charge in [0.2, 0.25) is 11.7 Å². The molecule has 0 saturated heterocycles. The minimum Gasteiger partial charge on any atom is -0.454 e. The number of Topliss-reactive ketones (excluding diaryl/α,β-unsaturated/α-hetero) is 1. The van der Waals surface area contributed by atoms with E-state index in [2.05, 4.69) is 10.1 Å². The Hall–Kier alpha value is -2.35. The molecule has 1 heterocycles. The van der Waals surface area contributed by atoms with Gasteiger partial charge in [-0.05, 0) is 37.3 Å². The molecular weight excluding hydrogens is 423 g/mol. The van der Waals surface area contributed by atoms with Gasteiger partial charge in [0.15, 0.2) is 12.4 Å². The zero-order chi connectivity index (χ0) is 20.1. The number of aryl methyl sites for hydroxylation is 1. The summed E-state index contributed by atoms with van der Waals surface area (Å²) < 4.78 is 10.3. The summed E-state index contributed by atoms with van der Waals surface area (Å²) >= 11 is 13.2. The van der Waals surface area contributed by atoms with Crippen LogP contribution in [0.15, 0.2) is 51.9 Å². The van der Waals surface area contributed by atoms with E-state index in [0.29, 0.717) is 32.9 Å². The molecule has 2 aromatic carbocycles. The van der Waals surface area contributed by atoms with E-state index in [-0.39, 0.29) is 10.6 Å². The van der Waals surface area contributed by atoms with Crippen LogP contribution in [0.4, 0.5) is 0 Å². The SMILES string of the molecule is Cc1noc(CSc2ccccc2C(=O)OCC(=O)c2ccc(Cl)cc2Cl)n1. The van der Waals surface area contributed by atoms with Crippen LogP contribution < -0.4 is 0 Å². The quantitative estimate of drug-likeness (QED) is 0.292. The lowest BCUT2D eigenvalue weighted by atomic mass is 10.1. The van der Waals surface area contributed by atoms with E-state index < -0.39 is 18.4 Å². The number of ketones is 1. The molecule has 0 spiro atoms. The van der Waals surface area contributed by atoms with E-state index in [0.717, 1.165) is 0 Å². The van der Waals surface area contributed by atoms with Crippen LogP contribution >= 0.6 is 35.0 Å². The van der Waals surface area contributed by atoms with Crippen LogP contribution in [0, 0.1) is 6.92 Å². The highest BCUT2D eigenvalue weighted by Gasteiger charge is 2.17. The standard InChI is InChI=1S/C19H14Cl2N2O4S/c1-11-22-18(27-23-11)10-28-17-5-3-2-4-14(17)19(25)26-9-16(24)13-7-6-12(20)8-15(13)21/h2-8H,9-10H2,1H3. The lowest BCUT2D eigenvalue weighted by molar-refractivity contribution is 0.0471. The first-order valence-corrected chi connectivity index (χ1v) is 9.84. The van der Waals surface area contributed by atoms with Gasteiger partial charge in [-0.25, -0.2) is 4.79 Å². The average Bonchev–Trinajstić information content (AvgIpc) is 3.09. The first kappa shape index (κ1) is 20.4. The number of benzene rings is 2. The van der Waals surface area contributed by atoms with Crippen molar-refractivity contribution in [2.75, 3.05) is 6.61 Å². The third-order valence-electron chi connectivity index (χ3n) is 3.59. The second kappa shape index (κ2) is 9.23. The first-order valence-electron chi connectivity index (χ1n) is 8.10. The van der Waals surface area contributed by atoms with Gasteiger partial charge < -0.3 is 9.26 Å². The fourth-order valence-electron chi connectivity index (χ4n) is 2.30. The van der Waals surface area contributed by atoms with Gasteiger partial charge in [0, 0.05) is 15.5 Å². The van der Waals surface area contributed by atoms with E-state index in [1.54, 1.807) is 37.3 Å². The third kappa shape index (κ3) is 5.13. The largest absolute Gasteiger partial charge is 0.454 e. The molecule has 144 valence electrons. The summed E-state index contributed by atoms with van der Waals surface area (Å²) in [6, 6.07) is 11.4. The fraction of sp³-hybridized carbons (Fsp3) is 0.158. The number of ether oxygens (including phenoxy) is 1. The number of halogens is 2. The van der Waals surface area contributed by atoms with Crippen molar-refractivity contribution in [2.45, 2.75) is 17.6 Å². The summed E-state index contributed by atoms with van der Waals surface area (Å²) in [7, 11) is 0. The molecule has 0 fully saturated rings. The molecular formula is C19H14Cl2N2O4S. The van der Waals surface area contributed by atoms with Gasteiger partial charge >= 0.3 is 5.97 Å². The van der Waals surface area contributed by atoms with Crippen molar-refractivity contribution in [3.63, 3.8) is 0 Å². The van der Waals surface area contributed by atoms with Crippen LogP contribution in [-0.4, -0.2) is 28.5 Å².